The molecule has 0 radical (unpaired) electrons. The molecule has 3 rings (SSSR count). The minimum absolute atomic E-state index is 0.326. The normalized spacial score (nSPS) is 12.1. The highest BCUT2D eigenvalue weighted by Crippen LogP contribution is 2.25. The van der Waals surface area contributed by atoms with Crippen molar-refractivity contribution in [1.29, 1.82) is 5.41 Å². The smallest absolute Gasteiger partial charge is 0.226 e. The van der Waals surface area contributed by atoms with E-state index in [9.17, 15) is 0 Å². The molecule has 1 atom stereocenters. The lowest BCUT2D eigenvalue weighted by atomic mass is 9.98. The van der Waals surface area contributed by atoms with Crippen LogP contribution >= 0.6 is 11.3 Å². The topological polar surface area (TPSA) is 72.0 Å². The van der Waals surface area contributed by atoms with Crippen molar-refractivity contribution in [2.24, 2.45) is 5.92 Å². The second-order valence-electron chi connectivity index (χ2n) is 7.03. The number of oxazole rings is 1. The summed E-state index contributed by atoms with van der Waals surface area (Å²) in [5, 5.41) is 11.2. The first kappa shape index (κ1) is 20.3. The third-order valence-corrected chi connectivity index (χ3v) is 5.71. The predicted molar refractivity (Wildman–Crippen MR) is 113 cm³/mol. The Morgan fingerprint density at radius 1 is 1.21 bits per heavy atom. The molecule has 0 unspecified atom stereocenters. The molecule has 3 aromatic rings. The number of nitrogens with zero attached hydrogens (tertiary/aromatic N) is 2. The van der Waals surface area contributed by atoms with Gasteiger partial charge in [0.25, 0.3) is 0 Å². The number of aryl methyl sites for hydroxylation is 3. The number of aromatic nitrogens is 2. The lowest BCUT2D eigenvalue weighted by Gasteiger charge is -2.09. The van der Waals surface area contributed by atoms with Crippen molar-refractivity contribution in [2.75, 3.05) is 0 Å². The predicted octanol–water partition coefficient (Wildman–Crippen LogP) is 5.99. The number of hydrogen-bond acceptors (Lipinski definition) is 6. The van der Waals surface area contributed by atoms with Crippen molar-refractivity contribution in [1.82, 2.24) is 9.97 Å². The Morgan fingerprint density at radius 3 is 2.61 bits per heavy atom. The Bertz CT molecular complexity index is 928. The van der Waals surface area contributed by atoms with Crippen molar-refractivity contribution < 1.29 is 9.15 Å². The van der Waals surface area contributed by atoms with Crippen LogP contribution in [0.3, 0.4) is 0 Å². The van der Waals surface area contributed by atoms with Gasteiger partial charge >= 0.3 is 0 Å². The van der Waals surface area contributed by atoms with E-state index >= 15 is 0 Å². The maximum absolute atomic E-state index is 8.14. The molecular formula is C22H27N3O2S. The van der Waals surface area contributed by atoms with Crippen LogP contribution in [-0.4, -0.2) is 15.7 Å². The lowest BCUT2D eigenvalue weighted by Crippen LogP contribution is -2.10. The molecule has 0 saturated heterocycles. The van der Waals surface area contributed by atoms with Gasteiger partial charge in [0, 0.05) is 16.7 Å². The van der Waals surface area contributed by atoms with Crippen LogP contribution in [0.2, 0.25) is 0 Å². The van der Waals surface area contributed by atoms with E-state index in [0.717, 1.165) is 58.4 Å². The van der Waals surface area contributed by atoms with Crippen LogP contribution in [-0.2, 0) is 13.0 Å². The monoisotopic (exact) mass is 397 g/mol. The van der Waals surface area contributed by atoms with Gasteiger partial charge < -0.3 is 14.6 Å². The van der Waals surface area contributed by atoms with Gasteiger partial charge in [-0.2, -0.15) is 0 Å². The number of thiazole rings is 1. The molecule has 1 N–H and O–H groups in total. The number of rotatable bonds is 9. The minimum atomic E-state index is 0.326. The van der Waals surface area contributed by atoms with Gasteiger partial charge in [-0.15, -0.1) is 11.3 Å². The summed E-state index contributed by atoms with van der Waals surface area (Å²) in [5.41, 5.74) is 3.58. The molecule has 0 amide bonds. The molecule has 2 aromatic heterocycles. The Hall–Kier alpha value is -2.47. The fourth-order valence-corrected chi connectivity index (χ4v) is 3.45. The minimum Gasteiger partial charge on any atom is -0.487 e. The van der Waals surface area contributed by atoms with Gasteiger partial charge in [-0.1, -0.05) is 13.8 Å². The molecule has 0 aliphatic heterocycles. The number of hydrogen-bond donors (Lipinski definition) is 1. The largest absolute Gasteiger partial charge is 0.487 e. The molecule has 0 fully saturated rings. The van der Waals surface area contributed by atoms with Gasteiger partial charge in [-0.25, -0.2) is 9.97 Å². The van der Waals surface area contributed by atoms with E-state index in [1.54, 1.807) is 11.3 Å². The second-order valence-corrected chi connectivity index (χ2v) is 8.09. The van der Waals surface area contributed by atoms with Gasteiger partial charge in [-0.3, -0.25) is 0 Å². The Kier molecular flexibility index (Phi) is 6.62. The van der Waals surface area contributed by atoms with Crippen LogP contribution in [0.4, 0.5) is 0 Å². The van der Waals surface area contributed by atoms with Gasteiger partial charge in [0.15, 0.2) is 0 Å². The van der Waals surface area contributed by atoms with Crippen molar-refractivity contribution in [2.45, 2.75) is 53.6 Å². The Morgan fingerprint density at radius 2 is 1.96 bits per heavy atom. The summed E-state index contributed by atoms with van der Waals surface area (Å²) in [6.07, 6.45) is 2.47. The molecule has 0 saturated carbocycles. The molecule has 0 aliphatic carbocycles. The molecule has 0 bridgehead atoms. The highest BCUT2D eigenvalue weighted by molar-refractivity contribution is 7.09. The van der Waals surface area contributed by atoms with Crippen molar-refractivity contribution >= 4 is 17.0 Å². The standard InChI is InChI=1S/C22H27N3O2S/c1-5-14(2)20(23)10-11-21-15(3)27-22(25-21)17-6-8-19(9-7-17)26-12-18-13-28-16(4)24-18/h6-9,13-14,23H,5,10-12H2,1-4H3/t14-/m1/s1. The summed E-state index contributed by atoms with van der Waals surface area (Å²) in [5.74, 6) is 2.56. The molecular weight excluding hydrogens is 370 g/mol. The van der Waals surface area contributed by atoms with E-state index in [0.29, 0.717) is 18.4 Å². The molecule has 0 spiro atoms. The second kappa shape index (κ2) is 9.15. The van der Waals surface area contributed by atoms with Crippen molar-refractivity contribution in [3.05, 3.63) is 51.8 Å². The summed E-state index contributed by atoms with van der Waals surface area (Å²) in [6, 6.07) is 7.76. The zero-order chi connectivity index (χ0) is 20.1. The van der Waals surface area contributed by atoms with E-state index in [1.165, 1.54) is 0 Å². The van der Waals surface area contributed by atoms with E-state index in [-0.39, 0.29) is 0 Å². The molecule has 0 aliphatic rings. The molecule has 148 valence electrons. The maximum atomic E-state index is 8.14. The Labute approximate surface area is 170 Å². The Balaban J connectivity index is 1.61. The van der Waals surface area contributed by atoms with E-state index < -0.39 is 0 Å². The SMILES string of the molecule is CC[C@@H](C)C(=N)CCc1nc(-c2ccc(OCc3csc(C)n3)cc2)oc1C. The number of ether oxygens (including phenoxy) is 1. The third-order valence-electron chi connectivity index (χ3n) is 4.89. The van der Waals surface area contributed by atoms with Crippen molar-refractivity contribution in [3.63, 3.8) is 0 Å². The van der Waals surface area contributed by atoms with Crippen LogP contribution in [0.15, 0.2) is 34.1 Å². The van der Waals surface area contributed by atoms with Gasteiger partial charge in [0.05, 0.1) is 16.4 Å². The number of benzene rings is 1. The highest BCUT2D eigenvalue weighted by Gasteiger charge is 2.14. The molecule has 6 heteroatoms. The highest BCUT2D eigenvalue weighted by atomic mass is 32.1. The van der Waals surface area contributed by atoms with Crippen LogP contribution < -0.4 is 4.74 Å². The lowest BCUT2D eigenvalue weighted by molar-refractivity contribution is 0.302. The first-order chi connectivity index (χ1) is 13.5. The average molecular weight is 398 g/mol. The summed E-state index contributed by atoms with van der Waals surface area (Å²) >= 11 is 1.63. The number of nitrogens with one attached hydrogen (secondary N) is 1. The first-order valence-electron chi connectivity index (χ1n) is 9.64. The average Bonchev–Trinajstić information content (AvgIpc) is 3.29. The van der Waals surface area contributed by atoms with E-state index in [4.69, 9.17) is 14.6 Å². The fraction of sp³-hybridized carbons (Fsp3) is 0.409. The molecule has 28 heavy (non-hydrogen) atoms. The maximum Gasteiger partial charge on any atom is 0.226 e. The van der Waals surface area contributed by atoms with Crippen LogP contribution in [0.25, 0.3) is 11.5 Å². The molecule has 5 nitrogen and oxygen atoms in total. The van der Waals surface area contributed by atoms with Gasteiger partial charge in [-0.05, 0) is 63.3 Å². The van der Waals surface area contributed by atoms with Crippen LogP contribution in [0, 0.1) is 25.2 Å². The van der Waals surface area contributed by atoms with Crippen LogP contribution in [0.5, 0.6) is 5.75 Å². The van der Waals surface area contributed by atoms with Gasteiger partial charge in [0.2, 0.25) is 5.89 Å². The molecule has 1 aromatic carbocycles. The quantitative estimate of drug-likeness (QED) is 0.450. The fourth-order valence-electron chi connectivity index (χ4n) is 2.85. The van der Waals surface area contributed by atoms with E-state index in [1.807, 2.05) is 43.5 Å². The third kappa shape index (κ3) is 5.07. The zero-order valence-corrected chi connectivity index (χ0v) is 17.7. The van der Waals surface area contributed by atoms with Crippen LogP contribution in [0.1, 0.15) is 48.8 Å². The zero-order valence-electron chi connectivity index (χ0n) is 16.9. The summed E-state index contributed by atoms with van der Waals surface area (Å²) in [7, 11) is 0. The van der Waals surface area contributed by atoms with Crippen molar-refractivity contribution in [3.8, 4) is 17.2 Å². The summed E-state index contributed by atoms with van der Waals surface area (Å²) in [6.45, 7) is 8.61. The van der Waals surface area contributed by atoms with E-state index in [2.05, 4.69) is 23.8 Å². The summed E-state index contributed by atoms with van der Waals surface area (Å²) in [4.78, 5) is 9.05. The summed E-state index contributed by atoms with van der Waals surface area (Å²) < 4.78 is 11.7. The van der Waals surface area contributed by atoms with Gasteiger partial charge in [0.1, 0.15) is 18.1 Å². The first-order valence-corrected chi connectivity index (χ1v) is 10.5. The molecule has 2 heterocycles.